The molecule has 4 fully saturated rings. The predicted molar refractivity (Wildman–Crippen MR) is 77.8 cm³/mol. The lowest BCUT2D eigenvalue weighted by Gasteiger charge is -2.36. The number of hydrogen-bond acceptors (Lipinski definition) is 5. The quantitative estimate of drug-likeness (QED) is 0.750. The zero-order valence-electron chi connectivity index (χ0n) is 13.3. The lowest BCUT2D eigenvalue weighted by atomic mass is 9.78. The summed E-state index contributed by atoms with van der Waals surface area (Å²) in [5.74, 6) is -0.393. The van der Waals surface area contributed by atoms with Gasteiger partial charge in [-0.1, -0.05) is 19.8 Å². The first-order valence-corrected chi connectivity index (χ1v) is 8.78. The van der Waals surface area contributed by atoms with Gasteiger partial charge in [-0.05, 0) is 19.3 Å². The highest BCUT2D eigenvalue weighted by atomic mass is 16.8. The SMILES string of the molecule is CCC[C@@H]1O[C@@H]2C[C@@]1(OC#N)C[C@H]1OC3(CCCCC3)O[C@@H]21. The minimum atomic E-state index is -0.500. The molecule has 0 aromatic rings. The van der Waals surface area contributed by atoms with Crippen LogP contribution in [0.4, 0.5) is 0 Å². The van der Waals surface area contributed by atoms with Crippen molar-refractivity contribution in [3.05, 3.63) is 0 Å². The topological polar surface area (TPSA) is 60.7 Å². The van der Waals surface area contributed by atoms with Crippen molar-refractivity contribution in [3.8, 4) is 6.26 Å². The zero-order valence-corrected chi connectivity index (χ0v) is 13.3. The molecule has 0 aromatic carbocycles. The summed E-state index contributed by atoms with van der Waals surface area (Å²) in [7, 11) is 0. The maximum atomic E-state index is 9.10. The van der Waals surface area contributed by atoms with Gasteiger partial charge in [-0.25, -0.2) is 0 Å². The maximum Gasteiger partial charge on any atom is 0.286 e. The van der Waals surface area contributed by atoms with Gasteiger partial charge in [0.15, 0.2) is 11.4 Å². The molecule has 122 valence electrons. The van der Waals surface area contributed by atoms with E-state index in [2.05, 4.69) is 6.92 Å². The van der Waals surface area contributed by atoms with E-state index in [4.69, 9.17) is 24.2 Å². The van der Waals surface area contributed by atoms with Crippen molar-refractivity contribution in [3.63, 3.8) is 0 Å². The molecule has 22 heavy (non-hydrogen) atoms. The van der Waals surface area contributed by atoms with E-state index in [1.807, 2.05) is 6.26 Å². The average molecular weight is 307 g/mol. The Bertz CT molecular complexity index is 470. The molecule has 5 atom stereocenters. The molecule has 2 saturated carbocycles. The van der Waals surface area contributed by atoms with Crippen LogP contribution in [0, 0.1) is 11.5 Å². The Morgan fingerprint density at radius 3 is 2.64 bits per heavy atom. The van der Waals surface area contributed by atoms with Crippen molar-refractivity contribution in [2.75, 3.05) is 0 Å². The fourth-order valence-electron chi connectivity index (χ4n) is 4.93. The van der Waals surface area contributed by atoms with Crippen LogP contribution in [-0.2, 0) is 18.9 Å². The fraction of sp³-hybridized carbons (Fsp3) is 0.941. The van der Waals surface area contributed by atoms with Crippen molar-refractivity contribution >= 4 is 0 Å². The molecule has 2 aliphatic heterocycles. The molecule has 0 amide bonds. The van der Waals surface area contributed by atoms with Gasteiger partial charge in [-0.2, -0.15) is 5.26 Å². The molecular weight excluding hydrogens is 282 g/mol. The van der Waals surface area contributed by atoms with Gasteiger partial charge in [0.1, 0.15) is 6.10 Å². The Balaban J connectivity index is 1.56. The highest BCUT2D eigenvalue weighted by Gasteiger charge is 2.64. The lowest BCUT2D eigenvalue weighted by molar-refractivity contribution is -0.205. The summed E-state index contributed by atoms with van der Waals surface area (Å²) in [4.78, 5) is 0. The van der Waals surface area contributed by atoms with Gasteiger partial charge in [-0.3, -0.25) is 0 Å². The molecule has 2 saturated heterocycles. The van der Waals surface area contributed by atoms with Crippen LogP contribution in [0.2, 0.25) is 0 Å². The summed E-state index contributed by atoms with van der Waals surface area (Å²) in [5, 5.41) is 9.10. The molecule has 4 rings (SSSR count). The van der Waals surface area contributed by atoms with Gasteiger partial charge in [0.05, 0.1) is 18.3 Å². The van der Waals surface area contributed by atoms with Gasteiger partial charge in [-0.15, -0.1) is 0 Å². The van der Waals surface area contributed by atoms with Crippen LogP contribution in [-0.4, -0.2) is 35.8 Å². The zero-order chi connectivity index (χ0) is 15.2. The van der Waals surface area contributed by atoms with Gasteiger partial charge in [0.25, 0.3) is 6.26 Å². The van der Waals surface area contributed by atoms with Crippen LogP contribution >= 0.6 is 0 Å². The van der Waals surface area contributed by atoms with Crippen LogP contribution in [0.3, 0.4) is 0 Å². The van der Waals surface area contributed by atoms with Crippen LogP contribution in [0.5, 0.6) is 0 Å². The van der Waals surface area contributed by atoms with E-state index in [1.54, 1.807) is 0 Å². The second-order valence-corrected chi connectivity index (χ2v) is 7.33. The molecule has 1 spiro atoms. The highest BCUT2D eigenvalue weighted by molar-refractivity contribution is 5.11. The summed E-state index contributed by atoms with van der Waals surface area (Å²) in [6, 6.07) is 0. The Morgan fingerprint density at radius 1 is 1.14 bits per heavy atom. The van der Waals surface area contributed by atoms with E-state index in [0.29, 0.717) is 6.42 Å². The Labute approximate surface area is 131 Å². The number of hydrogen-bond donors (Lipinski definition) is 0. The first kappa shape index (κ1) is 14.7. The lowest BCUT2D eigenvalue weighted by Crippen LogP contribution is -2.49. The van der Waals surface area contributed by atoms with Crippen LogP contribution < -0.4 is 0 Å². The van der Waals surface area contributed by atoms with Crippen molar-refractivity contribution in [2.24, 2.45) is 0 Å². The molecule has 5 heteroatoms. The Morgan fingerprint density at radius 2 is 1.91 bits per heavy atom. The van der Waals surface area contributed by atoms with Crippen molar-refractivity contribution in [1.29, 1.82) is 5.26 Å². The third-order valence-corrected chi connectivity index (χ3v) is 5.88. The molecule has 2 bridgehead atoms. The second kappa shape index (κ2) is 5.36. The van der Waals surface area contributed by atoms with E-state index in [-0.39, 0.29) is 24.4 Å². The van der Waals surface area contributed by atoms with E-state index < -0.39 is 11.4 Å². The molecule has 2 heterocycles. The Kier molecular flexibility index (Phi) is 3.60. The van der Waals surface area contributed by atoms with Crippen LogP contribution in [0.25, 0.3) is 0 Å². The molecule has 5 nitrogen and oxygen atoms in total. The molecule has 0 N–H and O–H groups in total. The fourth-order valence-corrected chi connectivity index (χ4v) is 4.93. The van der Waals surface area contributed by atoms with E-state index in [1.165, 1.54) is 19.3 Å². The third kappa shape index (κ3) is 2.16. The molecule has 4 aliphatic rings. The Hall–Kier alpha value is -0.830. The van der Waals surface area contributed by atoms with Gasteiger partial charge >= 0.3 is 0 Å². The first-order valence-electron chi connectivity index (χ1n) is 8.78. The monoisotopic (exact) mass is 307 g/mol. The first-order chi connectivity index (χ1) is 10.7. The second-order valence-electron chi connectivity index (χ2n) is 7.33. The molecule has 2 aliphatic carbocycles. The van der Waals surface area contributed by atoms with Crippen LogP contribution in [0.1, 0.15) is 64.7 Å². The van der Waals surface area contributed by atoms with E-state index in [9.17, 15) is 0 Å². The maximum absolute atomic E-state index is 9.10. The highest BCUT2D eigenvalue weighted by Crippen LogP contribution is 2.53. The van der Waals surface area contributed by atoms with Crippen molar-refractivity contribution < 1.29 is 18.9 Å². The van der Waals surface area contributed by atoms with Crippen molar-refractivity contribution in [2.45, 2.75) is 101 Å². The summed E-state index contributed by atoms with van der Waals surface area (Å²) in [6.45, 7) is 2.14. The number of fused-ring (bicyclic) bond motifs is 4. The molecular formula is C17H25NO4. The van der Waals surface area contributed by atoms with Crippen LogP contribution in [0.15, 0.2) is 0 Å². The smallest absolute Gasteiger partial charge is 0.286 e. The predicted octanol–water partition coefficient (Wildman–Crippen LogP) is 3.03. The number of rotatable bonds is 3. The minimum absolute atomic E-state index is 0.00458. The molecule has 0 radical (unpaired) electrons. The number of nitriles is 1. The van der Waals surface area contributed by atoms with E-state index in [0.717, 1.165) is 32.1 Å². The van der Waals surface area contributed by atoms with Gasteiger partial charge in [0, 0.05) is 25.7 Å². The summed E-state index contributed by atoms with van der Waals surface area (Å²) in [6.07, 6.45) is 10.9. The van der Waals surface area contributed by atoms with Gasteiger partial charge < -0.3 is 18.9 Å². The van der Waals surface area contributed by atoms with Gasteiger partial charge in [0.2, 0.25) is 0 Å². The van der Waals surface area contributed by atoms with E-state index >= 15 is 0 Å². The normalized spacial score (nSPS) is 45.5. The standard InChI is InChI=1S/C17H25NO4/c1-2-6-14-16(19-11-18)9-12(20-14)15-13(10-16)21-17(22-15)7-4-3-5-8-17/h12-15H,2-10H2,1H3/t12-,13-,14+,15+,16-/m1/s1. The largest absolute Gasteiger partial charge is 0.418 e. The third-order valence-electron chi connectivity index (χ3n) is 5.88. The summed E-state index contributed by atoms with van der Waals surface area (Å²) < 4.78 is 24.6. The molecule has 0 aromatic heterocycles. The number of ether oxygens (including phenoxy) is 4. The average Bonchev–Trinajstić information content (AvgIpc) is 2.99. The summed E-state index contributed by atoms with van der Waals surface area (Å²) >= 11 is 0. The summed E-state index contributed by atoms with van der Waals surface area (Å²) in [5.41, 5.74) is -0.500. The van der Waals surface area contributed by atoms with Crippen molar-refractivity contribution in [1.82, 2.24) is 0 Å². The molecule has 0 unspecified atom stereocenters. The minimum Gasteiger partial charge on any atom is -0.418 e. The number of nitrogens with zero attached hydrogens (tertiary/aromatic N) is 1.